The van der Waals surface area contributed by atoms with E-state index in [1.165, 1.54) is 4.68 Å². The van der Waals surface area contributed by atoms with Crippen molar-refractivity contribution >= 4 is 28.0 Å². The normalized spacial score (nSPS) is 12.7. The van der Waals surface area contributed by atoms with Gasteiger partial charge in [0.2, 0.25) is 0 Å². The minimum atomic E-state index is -1.04. The quantitative estimate of drug-likeness (QED) is 0.698. The molecule has 0 saturated carbocycles. The lowest BCUT2D eigenvalue weighted by molar-refractivity contribution is 0.0525. The van der Waals surface area contributed by atoms with Crippen molar-refractivity contribution in [2.75, 3.05) is 13.7 Å². The zero-order valence-corrected chi connectivity index (χ0v) is 18.4. The number of amides is 1. The van der Waals surface area contributed by atoms with Gasteiger partial charge in [-0.1, -0.05) is 0 Å². The molecule has 1 aromatic heterocycles. The van der Waals surface area contributed by atoms with E-state index < -0.39 is 17.7 Å². The molecule has 0 bridgehead atoms. The summed E-state index contributed by atoms with van der Waals surface area (Å²) in [5.41, 5.74) is 2.87. The van der Waals surface area contributed by atoms with Crippen LogP contribution in [0.4, 0.5) is 4.79 Å². The standard InChI is InChI=1S/C20H24BrN3O5/c1-20(2,3)29-19(27)22-7-8-24-17(18(25)26)12-6-5-11-9-15(28-4)14(21)10-13(11)16(12)23-24/h9-10H,5-8H2,1-4H3,(H,22,27)(H,25,26). The number of methoxy groups -OCH3 is 1. The third-order valence-electron chi connectivity index (χ3n) is 4.52. The number of carboxylic acids is 1. The van der Waals surface area contributed by atoms with E-state index in [1.807, 2.05) is 12.1 Å². The predicted molar refractivity (Wildman–Crippen MR) is 111 cm³/mol. The number of carbonyl (C=O) groups excluding carboxylic acids is 1. The first-order chi connectivity index (χ1) is 13.6. The average molecular weight is 466 g/mol. The minimum absolute atomic E-state index is 0.156. The van der Waals surface area contributed by atoms with E-state index in [9.17, 15) is 14.7 Å². The molecule has 1 aliphatic carbocycles. The molecular weight excluding hydrogens is 442 g/mol. The van der Waals surface area contributed by atoms with Crippen molar-refractivity contribution in [3.8, 4) is 17.0 Å². The van der Waals surface area contributed by atoms with Crippen LogP contribution in [-0.4, -0.2) is 46.2 Å². The number of hydrogen-bond acceptors (Lipinski definition) is 5. The van der Waals surface area contributed by atoms with Crippen LogP contribution in [0.5, 0.6) is 5.75 Å². The van der Waals surface area contributed by atoms with Crippen LogP contribution in [0.15, 0.2) is 16.6 Å². The number of aryl methyl sites for hydroxylation is 1. The number of halogens is 1. The number of hydrogen-bond donors (Lipinski definition) is 2. The Morgan fingerprint density at radius 2 is 2.03 bits per heavy atom. The van der Waals surface area contributed by atoms with Crippen molar-refractivity contribution in [3.63, 3.8) is 0 Å². The lowest BCUT2D eigenvalue weighted by atomic mass is 9.89. The Balaban J connectivity index is 1.87. The molecule has 1 heterocycles. The number of aromatic carboxylic acids is 1. The van der Waals surface area contributed by atoms with Gasteiger partial charge in [-0.25, -0.2) is 9.59 Å². The van der Waals surface area contributed by atoms with Gasteiger partial charge < -0.3 is 19.9 Å². The van der Waals surface area contributed by atoms with E-state index in [0.717, 1.165) is 21.3 Å². The second-order valence-corrected chi connectivity index (χ2v) is 8.63. The fourth-order valence-electron chi connectivity index (χ4n) is 3.37. The van der Waals surface area contributed by atoms with Gasteiger partial charge in [0.05, 0.1) is 23.8 Å². The predicted octanol–water partition coefficient (Wildman–Crippen LogP) is 3.64. The average Bonchev–Trinajstić information content (AvgIpc) is 2.98. The van der Waals surface area contributed by atoms with Crippen LogP contribution in [0.25, 0.3) is 11.3 Å². The molecule has 2 aromatic rings. The zero-order valence-electron chi connectivity index (χ0n) is 16.8. The molecule has 3 rings (SSSR count). The molecule has 2 N–H and O–H groups in total. The lowest BCUT2D eigenvalue weighted by Gasteiger charge is -2.19. The van der Waals surface area contributed by atoms with Gasteiger partial charge in [0.15, 0.2) is 0 Å². The third-order valence-corrected chi connectivity index (χ3v) is 5.14. The molecule has 0 saturated heterocycles. The maximum atomic E-state index is 11.9. The van der Waals surface area contributed by atoms with Gasteiger partial charge in [0.1, 0.15) is 17.0 Å². The number of benzene rings is 1. The van der Waals surface area contributed by atoms with Gasteiger partial charge in [0, 0.05) is 17.7 Å². The van der Waals surface area contributed by atoms with E-state index in [-0.39, 0.29) is 18.8 Å². The number of nitrogens with zero attached hydrogens (tertiary/aromatic N) is 2. The number of aromatic nitrogens is 2. The fourth-order valence-corrected chi connectivity index (χ4v) is 3.88. The molecule has 0 spiro atoms. The van der Waals surface area contributed by atoms with Crippen molar-refractivity contribution in [1.82, 2.24) is 15.1 Å². The highest BCUT2D eigenvalue weighted by Crippen LogP contribution is 2.39. The molecule has 0 atom stereocenters. The largest absolute Gasteiger partial charge is 0.496 e. The summed E-state index contributed by atoms with van der Waals surface area (Å²) >= 11 is 3.49. The third kappa shape index (κ3) is 4.55. The van der Waals surface area contributed by atoms with Crippen molar-refractivity contribution in [1.29, 1.82) is 0 Å². The monoisotopic (exact) mass is 465 g/mol. The Bertz CT molecular complexity index is 962. The van der Waals surface area contributed by atoms with Gasteiger partial charge in [-0.15, -0.1) is 0 Å². The molecule has 0 unspecified atom stereocenters. The van der Waals surface area contributed by atoms with Gasteiger partial charge in [0.25, 0.3) is 0 Å². The maximum Gasteiger partial charge on any atom is 0.407 e. The molecular formula is C20H24BrN3O5. The zero-order chi connectivity index (χ0) is 21.3. The number of carboxylic acid groups (broad SMARTS) is 1. The van der Waals surface area contributed by atoms with Crippen molar-refractivity contribution < 1.29 is 24.2 Å². The molecule has 9 heteroatoms. The number of fused-ring (bicyclic) bond motifs is 3. The summed E-state index contributed by atoms with van der Waals surface area (Å²) in [5.74, 6) is -0.307. The van der Waals surface area contributed by atoms with Crippen LogP contribution in [0.3, 0.4) is 0 Å². The summed E-state index contributed by atoms with van der Waals surface area (Å²) in [6.07, 6.45) is 0.732. The first kappa shape index (κ1) is 21.2. The Morgan fingerprint density at radius 3 is 2.66 bits per heavy atom. The van der Waals surface area contributed by atoms with E-state index in [1.54, 1.807) is 27.9 Å². The molecule has 1 aromatic carbocycles. The van der Waals surface area contributed by atoms with Crippen LogP contribution < -0.4 is 10.1 Å². The molecule has 0 aliphatic heterocycles. The van der Waals surface area contributed by atoms with E-state index in [4.69, 9.17) is 9.47 Å². The highest BCUT2D eigenvalue weighted by atomic mass is 79.9. The van der Waals surface area contributed by atoms with Crippen LogP contribution >= 0.6 is 15.9 Å². The topological polar surface area (TPSA) is 103 Å². The summed E-state index contributed by atoms with van der Waals surface area (Å²) in [6, 6.07) is 3.86. The van der Waals surface area contributed by atoms with Gasteiger partial charge in [-0.05, 0) is 67.2 Å². The Morgan fingerprint density at radius 1 is 1.31 bits per heavy atom. The summed E-state index contributed by atoms with van der Waals surface area (Å²) in [5, 5.41) is 17.0. The van der Waals surface area contributed by atoms with Crippen LogP contribution in [-0.2, 0) is 24.1 Å². The summed E-state index contributed by atoms with van der Waals surface area (Å²) in [6.45, 7) is 5.76. The lowest BCUT2D eigenvalue weighted by Crippen LogP contribution is -2.34. The number of carbonyl (C=O) groups is 2. The second kappa shape index (κ2) is 8.06. The Hall–Kier alpha value is -2.55. The summed E-state index contributed by atoms with van der Waals surface area (Å²) in [4.78, 5) is 23.7. The first-order valence-electron chi connectivity index (χ1n) is 9.27. The number of ether oxygens (including phenoxy) is 2. The number of alkyl carbamates (subject to hydrolysis) is 1. The van der Waals surface area contributed by atoms with Crippen molar-refractivity contribution in [3.05, 3.63) is 33.4 Å². The highest BCUT2D eigenvalue weighted by molar-refractivity contribution is 9.10. The van der Waals surface area contributed by atoms with Crippen LogP contribution in [0.1, 0.15) is 42.4 Å². The van der Waals surface area contributed by atoms with Gasteiger partial charge >= 0.3 is 12.1 Å². The smallest absolute Gasteiger partial charge is 0.407 e. The Labute approximate surface area is 177 Å². The summed E-state index contributed by atoms with van der Waals surface area (Å²) < 4.78 is 12.8. The summed E-state index contributed by atoms with van der Waals surface area (Å²) in [7, 11) is 1.61. The SMILES string of the molecule is COc1cc2c(cc1Br)-c1nn(CCNC(=O)OC(C)(C)C)c(C(=O)O)c1CC2. The Kier molecular flexibility index (Phi) is 5.88. The molecule has 156 valence electrons. The number of rotatable bonds is 5. The minimum Gasteiger partial charge on any atom is -0.496 e. The van der Waals surface area contributed by atoms with Crippen molar-refractivity contribution in [2.24, 2.45) is 0 Å². The van der Waals surface area contributed by atoms with E-state index >= 15 is 0 Å². The molecule has 1 amide bonds. The fraction of sp³-hybridized carbons (Fsp3) is 0.450. The van der Waals surface area contributed by atoms with Crippen molar-refractivity contribution in [2.45, 2.75) is 45.8 Å². The van der Waals surface area contributed by atoms with E-state index in [2.05, 4.69) is 26.3 Å². The second-order valence-electron chi connectivity index (χ2n) is 7.78. The molecule has 29 heavy (non-hydrogen) atoms. The first-order valence-corrected chi connectivity index (χ1v) is 10.1. The van der Waals surface area contributed by atoms with E-state index in [0.29, 0.717) is 24.1 Å². The van der Waals surface area contributed by atoms with Gasteiger partial charge in [-0.3, -0.25) is 4.68 Å². The number of nitrogens with one attached hydrogen (secondary N) is 1. The molecule has 1 aliphatic rings. The molecule has 0 radical (unpaired) electrons. The highest BCUT2D eigenvalue weighted by Gasteiger charge is 2.29. The van der Waals surface area contributed by atoms with Crippen LogP contribution in [0.2, 0.25) is 0 Å². The molecule has 8 nitrogen and oxygen atoms in total. The molecule has 0 fully saturated rings. The maximum absolute atomic E-state index is 11.9. The van der Waals surface area contributed by atoms with Gasteiger partial charge in [-0.2, -0.15) is 5.10 Å². The van der Waals surface area contributed by atoms with Crippen LogP contribution in [0, 0.1) is 0 Å².